The van der Waals surface area contributed by atoms with Gasteiger partial charge in [-0.15, -0.1) is 0 Å². The molecule has 1 N–H and O–H groups in total. The lowest BCUT2D eigenvalue weighted by Gasteiger charge is -2.11. The SMILES string of the molecule is CC[C@@H](C)NC(=O)COC(=O)/C(C#N)=C/c1ccc(C)cc1. The van der Waals surface area contributed by atoms with Crippen LogP contribution in [0, 0.1) is 18.3 Å². The Bertz CT molecular complexity index is 597. The van der Waals surface area contributed by atoms with Gasteiger partial charge in [0.05, 0.1) is 0 Å². The number of hydrogen-bond donors (Lipinski definition) is 1. The minimum absolute atomic E-state index is 0.0183. The molecule has 1 aromatic carbocycles. The number of carbonyl (C=O) groups is 2. The topological polar surface area (TPSA) is 79.2 Å². The first-order chi connectivity index (χ1) is 10.5. The Morgan fingerprint density at radius 3 is 2.55 bits per heavy atom. The van der Waals surface area contributed by atoms with Crippen LogP contribution in [0.3, 0.4) is 0 Å². The van der Waals surface area contributed by atoms with Crippen LogP contribution in [0.25, 0.3) is 6.08 Å². The Hall–Kier alpha value is -2.61. The Balaban J connectivity index is 2.64. The van der Waals surface area contributed by atoms with Crippen LogP contribution in [-0.2, 0) is 14.3 Å². The van der Waals surface area contributed by atoms with E-state index in [4.69, 9.17) is 10.00 Å². The molecule has 0 fully saturated rings. The molecular formula is C17H20N2O3. The van der Waals surface area contributed by atoms with Gasteiger partial charge in [0, 0.05) is 6.04 Å². The van der Waals surface area contributed by atoms with Gasteiger partial charge in [0.2, 0.25) is 0 Å². The number of ether oxygens (including phenoxy) is 1. The van der Waals surface area contributed by atoms with E-state index in [2.05, 4.69) is 5.32 Å². The third kappa shape index (κ3) is 5.80. The van der Waals surface area contributed by atoms with Crippen molar-refractivity contribution in [2.45, 2.75) is 33.2 Å². The van der Waals surface area contributed by atoms with Crippen LogP contribution in [-0.4, -0.2) is 24.5 Å². The van der Waals surface area contributed by atoms with Gasteiger partial charge in [-0.05, 0) is 31.9 Å². The molecule has 5 heteroatoms. The molecule has 0 radical (unpaired) electrons. The summed E-state index contributed by atoms with van der Waals surface area (Å²) >= 11 is 0. The van der Waals surface area contributed by atoms with Crippen molar-refractivity contribution >= 4 is 18.0 Å². The molecule has 0 spiro atoms. The molecule has 0 heterocycles. The van der Waals surface area contributed by atoms with Crippen LogP contribution in [0.4, 0.5) is 0 Å². The third-order valence-corrected chi connectivity index (χ3v) is 3.08. The average molecular weight is 300 g/mol. The second-order valence-electron chi connectivity index (χ2n) is 5.03. The molecule has 22 heavy (non-hydrogen) atoms. The predicted octanol–water partition coefficient (Wildman–Crippen LogP) is 2.36. The fourth-order valence-electron chi connectivity index (χ4n) is 1.59. The number of esters is 1. The fraction of sp³-hybridized carbons (Fsp3) is 0.353. The second-order valence-corrected chi connectivity index (χ2v) is 5.03. The number of nitrogens with one attached hydrogen (secondary N) is 1. The minimum Gasteiger partial charge on any atom is -0.451 e. The van der Waals surface area contributed by atoms with Crippen molar-refractivity contribution in [2.24, 2.45) is 0 Å². The Morgan fingerprint density at radius 2 is 2.00 bits per heavy atom. The number of nitriles is 1. The maximum atomic E-state index is 11.8. The standard InChI is InChI=1S/C17H20N2O3/c1-4-13(3)19-16(20)11-22-17(21)15(10-18)9-14-7-5-12(2)6-8-14/h5-9,13H,4,11H2,1-3H3,(H,19,20)/b15-9+/t13-/m1/s1. The lowest BCUT2D eigenvalue weighted by atomic mass is 10.1. The number of benzene rings is 1. The second kappa shape index (κ2) is 8.63. The smallest absolute Gasteiger partial charge is 0.349 e. The number of aryl methyl sites for hydroxylation is 1. The van der Waals surface area contributed by atoms with Gasteiger partial charge in [-0.1, -0.05) is 36.8 Å². The van der Waals surface area contributed by atoms with Crippen LogP contribution >= 0.6 is 0 Å². The van der Waals surface area contributed by atoms with Crippen molar-refractivity contribution < 1.29 is 14.3 Å². The summed E-state index contributed by atoms with van der Waals surface area (Å²) in [6.45, 7) is 5.35. The van der Waals surface area contributed by atoms with E-state index in [1.54, 1.807) is 18.2 Å². The maximum Gasteiger partial charge on any atom is 0.349 e. The molecule has 1 aromatic rings. The lowest BCUT2D eigenvalue weighted by molar-refractivity contribution is -0.144. The van der Waals surface area contributed by atoms with Gasteiger partial charge >= 0.3 is 5.97 Å². The van der Waals surface area contributed by atoms with Crippen molar-refractivity contribution in [3.63, 3.8) is 0 Å². The van der Waals surface area contributed by atoms with Gasteiger partial charge in [-0.2, -0.15) is 5.26 Å². The molecule has 1 amide bonds. The third-order valence-electron chi connectivity index (χ3n) is 3.08. The van der Waals surface area contributed by atoms with Crippen LogP contribution in [0.2, 0.25) is 0 Å². The van der Waals surface area contributed by atoms with E-state index in [0.717, 1.165) is 17.5 Å². The quantitative estimate of drug-likeness (QED) is 0.497. The van der Waals surface area contributed by atoms with Gasteiger partial charge in [-0.25, -0.2) is 4.79 Å². The monoisotopic (exact) mass is 300 g/mol. The van der Waals surface area contributed by atoms with Gasteiger partial charge < -0.3 is 10.1 Å². The average Bonchev–Trinajstić information content (AvgIpc) is 2.51. The number of hydrogen-bond acceptors (Lipinski definition) is 4. The highest BCUT2D eigenvalue weighted by atomic mass is 16.5. The first kappa shape index (κ1) is 17.4. The van der Waals surface area contributed by atoms with Gasteiger partial charge in [0.25, 0.3) is 5.91 Å². The number of amides is 1. The van der Waals surface area contributed by atoms with Gasteiger partial charge in [0.1, 0.15) is 11.6 Å². The van der Waals surface area contributed by atoms with E-state index in [9.17, 15) is 9.59 Å². The molecule has 0 aliphatic rings. The molecule has 0 saturated heterocycles. The summed E-state index contributed by atoms with van der Waals surface area (Å²) < 4.78 is 4.86. The Kier molecular flexibility index (Phi) is 6.84. The van der Waals surface area contributed by atoms with Crippen molar-refractivity contribution in [3.8, 4) is 6.07 Å². The van der Waals surface area contributed by atoms with Gasteiger partial charge in [0.15, 0.2) is 6.61 Å². The van der Waals surface area contributed by atoms with Crippen molar-refractivity contribution in [3.05, 3.63) is 41.0 Å². The molecule has 1 atom stereocenters. The normalized spacial score (nSPS) is 12.2. The zero-order valence-electron chi connectivity index (χ0n) is 13.1. The van der Waals surface area contributed by atoms with Crippen LogP contribution < -0.4 is 5.32 Å². The summed E-state index contributed by atoms with van der Waals surface area (Å²) in [5.41, 5.74) is 1.67. The Morgan fingerprint density at radius 1 is 1.36 bits per heavy atom. The molecule has 0 unspecified atom stereocenters. The fourth-order valence-corrected chi connectivity index (χ4v) is 1.59. The van der Waals surface area contributed by atoms with Crippen LogP contribution in [0.5, 0.6) is 0 Å². The number of rotatable bonds is 6. The van der Waals surface area contributed by atoms with E-state index < -0.39 is 12.6 Å². The summed E-state index contributed by atoms with van der Waals surface area (Å²) in [5.74, 6) is -1.18. The molecule has 0 aromatic heterocycles. The lowest BCUT2D eigenvalue weighted by Crippen LogP contribution is -2.35. The van der Waals surface area contributed by atoms with Crippen molar-refractivity contribution in [1.82, 2.24) is 5.32 Å². The van der Waals surface area contributed by atoms with E-state index >= 15 is 0 Å². The predicted molar refractivity (Wildman–Crippen MR) is 83.6 cm³/mol. The van der Waals surface area contributed by atoms with Crippen molar-refractivity contribution in [1.29, 1.82) is 5.26 Å². The molecule has 1 rings (SSSR count). The molecule has 5 nitrogen and oxygen atoms in total. The van der Waals surface area contributed by atoms with Crippen LogP contribution in [0.15, 0.2) is 29.8 Å². The number of carbonyl (C=O) groups excluding carboxylic acids is 2. The zero-order chi connectivity index (χ0) is 16.5. The first-order valence-corrected chi connectivity index (χ1v) is 7.11. The highest BCUT2D eigenvalue weighted by Gasteiger charge is 2.13. The summed E-state index contributed by atoms with van der Waals surface area (Å²) in [7, 11) is 0. The number of nitrogens with zero attached hydrogens (tertiary/aromatic N) is 1. The largest absolute Gasteiger partial charge is 0.451 e. The molecular weight excluding hydrogens is 280 g/mol. The first-order valence-electron chi connectivity index (χ1n) is 7.11. The van der Waals surface area contributed by atoms with E-state index in [1.165, 1.54) is 6.08 Å². The highest BCUT2D eigenvalue weighted by Crippen LogP contribution is 2.09. The summed E-state index contributed by atoms with van der Waals surface area (Å²) in [4.78, 5) is 23.3. The summed E-state index contributed by atoms with van der Waals surface area (Å²) in [5, 5.41) is 11.7. The zero-order valence-corrected chi connectivity index (χ0v) is 13.1. The molecule has 0 bridgehead atoms. The highest BCUT2D eigenvalue weighted by molar-refractivity contribution is 5.98. The van der Waals surface area contributed by atoms with Crippen molar-refractivity contribution in [2.75, 3.05) is 6.61 Å². The summed E-state index contributed by atoms with van der Waals surface area (Å²) in [6, 6.07) is 9.18. The maximum absolute atomic E-state index is 11.8. The molecule has 0 saturated carbocycles. The van der Waals surface area contributed by atoms with E-state index in [0.29, 0.717) is 0 Å². The molecule has 0 aliphatic carbocycles. The van der Waals surface area contributed by atoms with E-state index in [1.807, 2.05) is 32.9 Å². The molecule has 116 valence electrons. The molecule has 0 aliphatic heterocycles. The van der Waals surface area contributed by atoms with Gasteiger partial charge in [-0.3, -0.25) is 4.79 Å². The van der Waals surface area contributed by atoms with E-state index in [-0.39, 0.29) is 17.5 Å². The Labute approximate surface area is 130 Å². The van der Waals surface area contributed by atoms with Crippen LogP contribution in [0.1, 0.15) is 31.4 Å². The minimum atomic E-state index is -0.803. The summed E-state index contributed by atoms with van der Waals surface area (Å²) in [6.07, 6.45) is 2.23.